The van der Waals surface area contributed by atoms with Gasteiger partial charge in [-0.25, -0.2) is 9.97 Å². The van der Waals surface area contributed by atoms with Crippen LogP contribution in [0.3, 0.4) is 0 Å². The fourth-order valence-electron chi connectivity index (χ4n) is 2.98. The van der Waals surface area contributed by atoms with Gasteiger partial charge in [0, 0.05) is 23.6 Å². The minimum atomic E-state index is -4.79. The molecule has 0 fully saturated rings. The molecule has 0 atom stereocenters. The standard InChI is InChI=1S/C22H16F6N8O/c1-20(2,37)14-7-11(3-5-30-14)17-34-18(13-9-29-10-16(33-13)22(26,27)28)36-19(35-17)32-12-4-6-31-15(8-12)21(23,24)25/h3-10,37H,1-2H3,(H,31,32,34,35,36). The van der Waals surface area contributed by atoms with Gasteiger partial charge in [0.15, 0.2) is 17.3 Å². The fourth-order valence-corrected chi connectivity index (χ4v) is 2.98. The van der Waals surface area contributed by atoms with Gasteiger partial charge < -0.3 is 10.4 Å². The lowest BCUT2D eigenvalue weighted by Gasteiger charge is -2.17. The maximum atomic E-state index is 13.2. The SMILES string of the molecule is CC(C)(O)c1cc(-c2nc(Nc3ccnc(C(F)(F)F)c3)nc(-c3cncc(C(F)(F)F)n3)n2)ccn1. The van der Waals surface area contributed by atoms with Crippen LogP contribution >= 0.6 is 0 Å². The van der Waals surface area contributed by atoms with Gasteiger partial charge >= 0.3 is 12.4 Å². The van der Waals surface area contributed by atoms with Crippen molar-refractivity contribution in [2.75, 3.05) is 5.32 Å². The monoisotopic (exact) mass is 522 g/mol. The van der Waals surface area contributed by atoms with E-state index in [9.17, 15) is 31.4 Å². The quantitative estimate of drug-likeness (QED) is 0.356. The van der Waals surface area contributed by atoms with Crippen molar-refractivity contribution in [2.24, 2.45) is 0 Å². The van der Waals surface area contributed by atoms with Crippen molar-refractivity contribution in [2.45, 2.75) is 31.8 Å². The molecule has 4 rings (SSSR count). The van der Waals surface area contributed by atoms with Crippen molar-refractivity contribution in [1.82, 2.24) is 34.9 Å². The van der Waals surface area contributed by atoms with Crippen molar-refractivity contribution in [3.8, 4) is 22.9 Å². The second-order valence-corrected chi connectivity index (χ2v) is 8.13. The summed E-state index contributed by atoms with van der Waals surface area (Å²) >= 11 is 0. The van der Waals surface area contributed by atoms with E-state index in [0.717, 1.165) is 12.4 Å². The molecule has 9 nitrogen and oxygen atoms in total. The predicted octanol–water partition coefficient (Wildman–Crippen LogP) is 4.79. The Morgan fingerprint density at radius 2 is 1.38 bits per heavy atom. The van der Waals surface area contributed by atoms with Crippen molar-refractivity contribution in [1.29, 1.82) is 0 Å². The van der Waals surface area contributed by atoms with E-state index in [1.165, 1.54) is 38.2 Å². The van der Waals surface area contributed by atoms with Crippen LogP contribution in [0.4, 0.5) is 38.0 Å². The maximum absolute atomic E-state index is 13.2. The number of hydrogen-bond acceptors (Lipinski definition) is 9. The highest BCUT2D eigenvalue weighted by Crippen LogP contribution is 2.31. The van der Waals surface area contributed by atoms with Gasteiger partial charge in [0.2, 0.25) is 5.95 Å². The molecule has 0 saturated carbocycles. The van der Waals surface area contributed by atoms with Crippen LogP contribution in [-0.4, -0.2) is 40.0 Å². The zero-order valence-electron chi connectivity index (χ0n) is 19.0. The van der Waals surface area contributed by atoms with E-state index in [2.05, 4.69) is 40.2 Å². The van der Waals surface area contributed by atoms with Crippen molar-refractivity contribution in [3.05, 3.63) is 66.1 Å². The van der Waals surface area contributed by atoms with E-state index in [1.54, 1.807) is 0 Å². The molecule has 0 aliphatic carbocycles. The zero-order valence-corrected chi connectivity index (χ0v) is 19.0. The average Bonchev–Trinajstić information content (AvgIpc) is 2.83. The van der Waals surface area contributed by atoms with Crippen molar-refractivity contribution in [3.63, 3.8) is 0 Å². The largest absolute Gasteiger partial charge is 0.434 e. The first-order chi connectivity index (χ1) is 17.2. The van der Waals surface area contributed by atoms with Gasteiger partial charge in [-0.1, -0.05) is 0 Å². The summed E-state index contributed by atoms with van der Waals surface area (Å²) in [5.74, 6) is -0.706. The molecule has 0 saturated heterocycles. The molecule has 4 heterocycles. The van der Waals surface area contributed by atoms with Crippen LogP contribution in [-0.2, 0) is 18.0 Å². The van der Waals surface area contributed by atoms with Crippen LogP contribution < -0.4 is 5.32 Å². The van der Waals surface area contributed by atoms with E-state index in [1.807, 2.05) is 0 Å². The Bertz CT molecular complexity index is 1360. The van der Waals surface area contributed by atoms with Crippen molar-refractivity contribution >= 4 is 11.6 Å². The molecule has 0 aromatic carbocycles. The number of aromatic nitrogens is 7. The third-order valence-corrected chi connectivity index (χ3v) is 4.74. The van der Waals surface area contributed by atoms with Gasteiger partial charge in [-0.3, -0.25) is 15.0 Å². The summed E-state index contributed by atoms with van der Waals surface area (Å²) in [6, 6.07) is 4.87. The molecular formula is C22H16F6N8O. The lowest BCUT2D eigenvalue weighted by Crippen LogP contribution is -2.17. The third-order valence-electron chi connectivity index (χ3n) is 4.74. The van der Waals surface area contributed by atoms with E-state index >= 15 is 0 Å². The first-order valence-corrected chi connectivity index (χ1v) is 10.4. The third kappa shape index (κ3) is 6.11. The topological polar surface area (TPSA) is 122 Å². The van der Waals surface area contributed by atoms with E-state index < -0.39 is 29.3 Å². The van der Waals surface area contributed by atoms with Crippen LogP contribution in [0.25, 0.3) is 22.9 Å². The summed E-state index contributed by atoms with van der Waals surface area (Å²) in [6.07, 6.45) is -5.70. The van der Waals surface area contributed by atoms with Crippen LogP contribution in [0, 0.1) is 0 Å². The smallest absolute Gasteiger partial charge is 0.384 e. The zero-order chi connectivity index (χ0) is 27.0. The summed E-state index contributed by atoms with van der Waals surface area (Å²) in [5.41, 5.74) is -3.73. The summed E-state index contributed by atoms with van der Waals surface area (Å²) in [4.78, 5) is 26.8. The van der Waals surface area contributed by atoms with Gasteiger partial charge in [0.1, 0.15) is 17.0 Å². The van der Waals surface area contributed by atoms with Gasteiger partial charge in [-0.2, -0.15) is 36.3 Å². The molecule has 2 N–H and O–H groups in total. The molecule has 4 aromatic rings. The Morgan fingerprint density at radius 1 is 0.730 bits per heavy atom. The Morgan fingerprint density at radius 3 is 2.05 bits per heavy atom. The van der Waals surface area contributed by atoms with E-state index in [4.69, 9.17) is 0 Å². The molecule has 4 aromatic heterocycles. The number of rotatable bonds is 5. The van der Waals surface area contributed by atoms with Gasteiger partial charge in [0.25, 0.3) is 0 Å². The number of alkyl halides is 6. The number of hydrogen-bond donors (Lipinski definition) is 2. The van der Waals surface area contributed by atoms with Crippen LogP contribution in [0.2, 0.25) is 0 Å². The summed E-state index contributed by atoms with van der Waals surface area (Å²) in [5, 5.41) is 12.9. The van der Waals surface area contributed by atoms with Crippen LogP contribution in [0.15, 0.2) is 49.1 Å². The lowest BCUT2D eigenvalue weighted by atomic mass is 10.0. The number of pyridine rings is 2. The molecular weight excluding hydrogens is 506 g/mol. The molecule has 0 unspecified atom stereocenters. The molecule has 0 amide bonds. The first-order valence-electron chi connectivity index (χ1n) is 10.4. The molecule has 0 spiro atoms. The second kappa shape index (κ2) is 9.31. The second-order valence-electron chi connectivity index (χ2n) is 8.13. The highest BCUT2D eigenvalue weighted by atomic mass is 19.4. The molecule has 0 aliphatic heterocycles. The highest BCUT2D eigenvalue weighted by Gasteiger charge is 2.34. The van der Waals surface area contributed by atoms with E-state index in [0.29, 0.717) is 17.8 Å². The Labute approximate surface area is 204 Å². The minimum Gasteiger partial charge on any atom is -0.384 e. The summed E-state index contributed by atoms with van der Waals surface area (Å²) in [6.45, 7) is 2.98. The normalized spacial score (nSPS) is 12.5. The number of aliphatic hydroxyl groups is 1. The Hall–Kier alpha value is -4.27. The van der Waals surface area contributed by atoms with Crippen LogP contribution in [0.5, 0.6) is 0 Å². The molecule has 37 heavy (non-hydrogen) atoms. The molecule has 0 radical (unpaired) electrons. The van der Waals surface area contributed by atoms with Crippen molar-refractivity contribution < 1.29 is 31.4 Å². The van der Waals surface area contributed by atoms with Crippen LogP contribution in [0.1, 0.15) is 30.9 Å². The first kappa shape index (κ1) is 25.8. The van der Waals surface area contributed by atoms with Gasteiger partial charge in [-0.05, 0) is 38.1 Å². The Kier molecular flexibility index (Phi) is 6.50. The summed E-state index contributed by atoms with van der Waals surface area (Å²) < 4.78 is 78.8. The molecule has 0 bridgehead atoms. The number of halogens is 6. The molecule has 192 valence electrons. The van der Waals surface area contributed by atoms with Gasteiger partial charge in [-0.15, -0.1) is 0 Å². The van der Waals surface area contributed by atoms with Gasteiger partial charge in [0.05, 0.1) is 18.1 Å². The maximum Gasteiger partial charge on any atom is 0.434 e. The lowest BCUT2D eigenvalue weighted by molar-refractivity contribution is -0.142. The number of nitrogens with zero attached hydrogens (tertiary/aromatic N) is 7. The number of anilines is 2. The van der Waals surface area contributed by atoms with E-state index in [-0.39, 0.29) is 34.7 Å². The fraction of sp³-hybridized carbons (Fsp3) is 0.227. The summed E-state index contributed by atoms with van der Waals surface area (Å²) in [7, 11) is 0. The predicted molar refractivity (Wildman–Crippen MR) is 117 cm³/mol. The highest BCUT2D eigenvalue weighted by molar-refractivity contribution is 5.63. The minimum absolute atomic E-state index is 0.0790. The average molecular weight is 522 g/mol. The number of nitrogens with one attached hydrogen (secondary N) is 1. The molecule has 0 aliphatic rings. The Balaban J connectivity index is 1.85. The molecule has 15 heteroatoms.